The quantitative estimate of drug-likeness (QED) is 0.778. The SMILES string of the molecule is Cc1cccc(C(N)=S)c1Nc1ccc(Br)c(Cl)c1. The molecule has 0 saturated heterocycles. The zero-order valence-electron chi connectivity index (χ0n) is 10.2. The molecule has 0 aliphatic heterocycles. The van der Waals surface area contributed by atoms with Gasteiger partial charge in [0.15, 0.2) is 0 Å². The second kappa shape index (κ2) is 5.90. The molecule has 19 heavy (non-hydrogen) atoms. The summed E-state index contributed by atoms with van der Waals surface area (Å²) in [6.45, 7) is 2.00. The lowest BCUT2D eigenvalue weighted by atomic mass is 10.1. The number of rotatable bonds is 3. The minimum atomic E-state index is 0.370. The molecule has 0 spiro atoms. The van der Waals surface area contributed by atoms with Crippen LogP contribution in [0.15, 0.2) is 40.9 Å². The van der Waals surface area contributed by atoms with Crippen LogP contribution in [-0.2, 0) is 0 Å². The summed E-state index contributed by atoms with van der Waals surface area (Å²) in [5, 5.41) is 3.97. The van der Waals surface area contributed by atoms with Crippen molar-refractivity contribution in [3.05, 3.63) is 57.0 Å². The molecule has 2 rings (SSSR count). The van der Waals surface area contributed by atoms with Gasteiger partial charge in [0.1, 0.15) is 4.99 Å². The summed E-state index contributed by atoms with van der Waals surface area (Å²) in [5.41, 5.74) is 9.45. The first-order valence-corrected chi connectivity index (χ1v) is 7.18. The highest BCUT2D eigenvalue weighted by Crippen LogP contribution is 2.29. The molecular formula is C14H12BrClN2S. The van der Waals surface area contributed by atoms with E-state index in [-0.39, 0.29) is 0 Å². The van der Waals surface area contributed by atoms with Crippen LogP contribution in [-0.4, -0.2) is 4.99 Å². The largest absolute Gasteiger partial charge is 0.389 e. The zero-order valence-corrected chi connectivity index (χ0v) is 13.4. The number of aryl methyl sites for hydroxylation is 1. The fourth-order valence-corrected chi connectivity index (χ4v) is 2.35. The van der Waals surface area contributed by atoms with E-state index in [1.165, 1.54) is 0 Å². The predicted octanol–water partition coefficient (Wildman–Crippen LogP) is 4.79. The highest BCUT2D eigenvalue weighted by molar-refractivity contribution is 9.10. The number of hydrogen-bond donors (Lipinski definition) is 2. The third-order valence-electron chi connectivity index (χ3n) is 2.73. The Labute approximate surface area is 131 Å². The lowest BCUT2D eigenvalue weighted by Gasteiger charge is -2.14. The Bertz CT molecular complexity index is 643. The van der Waals surface area contributed by atoms with Crippen molar-refractivity contribution in [2.75, 3.05) is 5.32 Å². The number of hydrogen-bond acceptors (Lipinski definition) is 2. The maximum absolute atomic E-state index is 6.08. The highest BCUT2D eigenvalue weighted by Gasteiger charge is 2.08. The molecule has 2 aromatic carbocycles. The molecular weight excluding hydrogens is 344 g/mol. The van der Waals surface area contributed by atoms with Crippen LogP contribution < -0.4 is 11.1 Å². The van der Waals surface area contributed by atoms with Gasteiger partial charge in [-0.15, -0.1) is 0 Å². The van der Waals surface area contributed by atoms with Crippen LogP contribution in [0, 0.1) is 6.92 Å². The molecule has 0 unspecified atom stereocenters. The summed E-state index contributed by atoms with van der Waals surface area (Å²) in [7, 11) is 0. The second-order valence-electron chi connectivity index (χ2n) is 4.12. The van der Waals surface area contributed by atoms with Gasteiger partial charge in [-0.3, -0.25) is 0 Å². The van der Waals surface area contributed by atoms with Gasteiger partial charge in [0, 0.05) is 15.7 Å². The number of nitrogens with two attached hydrogens (primary N) is 1. The molecule has 0 heterocycles. The number of thiocarbonyl (C=S) groups is 1. The zero-order chi connectivity index (χ0) is 14.0. The van der Waals surface area contributed by atoms with E-state index >= 15 is 0 Å². The van der Waals surface area contributed by atoms with Crippen molar-refractivity contribution in [3.8, 4) is 0 Å². The number of benzene rings is 2. The Morgan fingerprint density at radius 1 is 1.32 bits per heavy atom. The molecule has 0 aliphatic carbocycles. The Kier molecular flexibility index (Phi) is 4.45. The first kappa shape index (κ1) is 14.3. The molecule has 3 N–H and O–H groups in total. The molecule has 0 saturated carbocycles. The maximum atomic E-state index is 6.08. The van der Waals surface area contributed by atoms with Gasteiger partial charge < -0.3 is 11.1 Å². The van der Waals surface area contributed by atoms with Gasteiger partial charge in [0.25, 0.3) is 0 Å². The van der Waals surface area contributed by atoms with Crippen LogP contribution >= 0.6 is 39.7 Å². The monoisotopic (exact) mass is 354 g/mol. The van der Waals surface area contributed by atoms with E-state index in [9.17, 15) is 0 Å². The van der Waals surface area contributed by atoms with Crippen molar-refractivity contribution in [2.45, 2.75) is 6.92 Å². The molecule has 0 aromatic heterocycles. The van der Waals surface area contributed by atoms with Gasteiger partial charge in [0.05, 0.1) is 10.7 Å². The fourth-order valence-electron chi connectivity index (χ4n) is 1.76. The molecule has 5 heteroatoms. The Balaban J connectivity index is 2.42. The van der Waals surface area contributed by atoms with Gasteiger partial charge in [-0.05, 0) is 52.7 Å². The minimum absolute atomic E-state index is 0.370. The van der Waals surface area contributed by atoms with E-state index < -0.39 is 0 Å². The van der Waals surface area contributed by atoms with Gasteiger partial charge >= 0.3 is 0 Å². The van der Waals surface area contributed by atoms with E-state index in [1.807, 2.05) is 43.3 Å². The van der Waals surface area contributed by atoms with Gasteiger partial charge in [-0.2, -0.15) is 0 Å². The third kappa shape index (κ3) is 3.26. The van der Waals surface area contributed by atoms with E-state index in [0.29, 0.717) is 10.0 Å². The summed E-state index contributed by atoms with van der Waals surface area (Å²) in [6, 6.07) is 11.5. The minimum Gasteiger partial charge on any atom is -0.389 e. The predicted molar refractivity (Wildman–Crippen MR) is 89.5 cm³/mol. The molecule has 0 bridgehead atoms. The van der Waals surface area contributed by atoms with Crippen molar-refractivity contribution in [1.29, 1.82) is 0 Å². The van der Waals surface area contributed by atoms with Gasteiger partial charge in [-0.1, -0.05) is 36.0 Å². The number of para-hydroxylation sites is 1. The van der Waals surface area contributed by atoms with Crippen LogP contribution in [0.5, 0.6) is 0 Å². The van der Waals surface area contributed by atoms with E-state index in [4.69, 9.17) is 29.6 Å². The summed E-state index contributed by atoms with van der Waals surface area (Å²) >= 11 is 14.5. The standard InChI is InChI=1S/C14H12BrClN2S/c1-8-3-2-4-10(14(17)19)13(8)18-9-5-6-11(15)12(16)7-9/h2-7,18H,1H3,(H2,17,19). The van der Waals surface area contributed by atoms with Crippen molar-refractivity contribution < 1.29 is 0 Å². The molecule has 2 aromatic rings. The topological polar surface area (TPSA) is 38.0 Å². The normalized spacial score (nSPS) is 10.3. The summed E-state index contributed by atoms with van der Waals surface area (Å²) in [5.74, 6) is 0. The van der Waals surface area contributed by atoms with Gasteiger partial charge in [-0.25, -0.2) is 0 Å². The number of nitrogens with one attached hydrogen (secondary N) is 1. The van der Waals surface area contributed by atoms with E-state index in [0.717, 1.165) is 27.0 Å². The third-order valence-corrected chi connectivity index (χ3v) is 4.18. The van der Waals surface area contributed by atoms with Crippen LogP contribution in [0.3, 0.4) is 0 Å². The van der Waals surface area contributed by atoms with Crippen LogP contribution in [0.4, 0.5) is 11.4 Å². The Morgan fingerprint density at radius 2 is 2.05 bits per heavy atom. The molecule has 0 aliphatic rings. The van der Waals surface area contributed by atoms with Crippen molar-refractivity contribution in [3.63, 3.8) is 0 Å². The van der Waals surface area contributed by atoms with Crippen LogP contribution in [0.1, 0.15) is 11.1 Å². The van der Waals surface area contributed by atoms with E-state index in [2.05, 4.69) is 21.2 Å². The van der Waals surface area contributed by atoms with Crippen molar-refractivity contribution in [2.24, 2.45) is 5.73 Å². The molecule has 0 radical (unpaired) electrons. The van der Waals surface area contributed by atoms with Crippen molar-refractivity contribution >= 4 is 56.1 Å². The van der Waals surface area contributed by atoms with E-state index in [1.54, 1.807) is 0 Å². The summed E-state index contributed by atoms with van der Waals surface area (Å²) in [6.07, 6.45) is 0. The molecule has 0 fully saturated rings. The highest BCUT2D eigenvalue weighted by atomic mass is 79.9. The lowest BCUT2D eigenvalue weighted by molar-refractivity contribution is 1.41. The summed E-state index contributed by atoms with van der Waals surface area (Å²) in [4.78, 5) is 0.370. The first-order chi connectivity index (χ1) is 8.99. The molecule has 98 valence electrons. The fraction of sp³-hybridized carbons (Fsp3) is 0.0714. The molecule has 2 nitrogen and oxygen atoms in total. The number of halogens is 2. The lowest BCUT2D eigenvalue weighted by Crippen LogP contribution is -2.12. The first-order valence-electron chi connectivity index (χ1n) is 5.60. The maximum Gasteiger partial charge on any atom is 0.106 e. The van der Waals surface area contributed by atoms with Crippen LogP contribution in [0.2, 0.25) is 5.02 Å². The second-order valence-corrected chi connectivity index (χ2v) is 5.82. The molecule has 0 atom stereocenters. The average Bonchev–Trinajstić information content (AvgIpc) is 2.36. The average molecular weight is 356 g/mol. The number of anilines is 2. The molecule has 0 amide bonds. The van der Waals surface area contributed by atoms with Crippen LogP contribution in [0.25, 0.3) is 0 Å². The smallest absolute Gasteiger partial charge is 0.106 e. The Hall–Kier alpha value is -1.10. The Morgan fingerprint density at radius 3 is 2.68 bits per heavy atom. The van der Waals surface area contributed by atoms with Crippen molar-refractivity contribution in [1.82, 2.24) is 0 Å². The summed E-state index contributed by atoms with van der Waals surface area (Å²) < 4.78 is 0.860. The van der Waals surface area contributed by atoms with Gasteiger partial charge in [0.2, 0.25) is 0 Å².